The molecule has 1 aromatic carbocycles. The first-order chi connectivity index (χ1) is 7.60. The topological polar surface area (TPSA) is 81.3 Å². The van der Waals surface area contributed by atoms with Crippen molar-refractivity contribution in [2.45, 2.75) is 24.4 Å². The minimum absolute atomic E-state index is 0.532. The van der Waals surface area contributed by atoms with Gasteiger partial charge in [-0.05, 0) is 30.5 Å². The fourth-order valence-corrected chi connectivity index (χ4v) is 1.97. The number of carboxylic acid groups (broad SMARTS) is 1. The zero-order chi connectivity index (χ0) is 11.8. The molecule has 0 amide bonds. The Morgan fingerprint density at radius 3 is 2.31 bits per heavy atom. The summed E-state index contributed by atoms with van der Waals surface area (Å²) in [6.07, 6.45) is -0.0147. The average Bonchev–Trinajstić information content (AvgIpc) is 3.09. The second-order valence-corrected chi connectivity index (χ2v) is 4.09. The Balaban J connectivity index is 2.30. The summed E-state index contributed by atoms with van der Waals surface area (Å²) in [7, 11) is 0. The Morgan fingerprint density at radius 1 is 1.38 bits per heavy atom. The molecule has 0 radical (unpaired) electrons. The SMILES string of the molecule is N#Cc1ccc(C2(C(O)C(=O)O)CC2)cc1. The number of aliphatic carboxylic acids is 1. The molecule has 1 aliphatic carbocycles. The van der Waals surface area contributed by atoms with Gasteiger partial charge in [-0.15, -0.1) is 0 Å². The van der Waals surface area contributed by atoms with Crippen LogP contribution >= 0.6 is 0 Å². The van der Waals surface area contributed by atoms with Crippen LogP contribution in [0, 0.1) is 11.3 Å². The van der Waals surface area contributed by atoms with E-state index in [9.17, 15) is 9.90 Å². The van der Waals surface area contributed by atoms with Crippen molar-refractivity contribution in [3.63, 3.8) is 0 Å². The summed E-state index contributed by atoms with van der Waals surface area (Å²) in [4.78, 5) is 10.8. The van der Waals surface area contributed by atoms with Crippen molar-refractivity contribution < 1.29 is 15.0 Å². The third-order valence-electron chi connectivity index (χ3n) is 3.13. The summed E-state index contributed by atoms with van der Waals surface area (Å²) < 4.78 is 0. The van der Waals surface area contributed by atoms with Crippen molar-refractivity contribution in [2.24, 2.45) is 0 Å². The first-order valence-corrected chi connectivity index (χ1v) is 5.02. The van der Waals surface area contributed by atoms with Crippen LogP contribution in [0.15, 0.2) is 24.3 Å². The number of carbonyl (C=O) groups is 1. The predicted octanol–water partition coefficient (Wildman–Crippen LogP) is 1.04. The highest BCUT2D eigenvalue weighted by Crippen LogP contribution is 2.51. The Hall–Kier alpha value is -1.86. The molecular formula is C12H11NO3. The Bertz CT molecular complexity index is 454. The molecule has 0 spiro atoms. The molecule has 1 atom stereocenters. The van der Waals surface area contributed by atoms with Gasteiger partial charge in [0.2, 0.25) is 0 Å². The molecule has 82 valence electrons. The smallest absolute Gasteiger partial charge is 0.333 e. The average molecular weight is 217 g/mol. The van der Waals surface area contributed by atoms with Crippen LogP contribution in [0.5, 0.6) is 0 Å². The van der Waals surface area contributed by atoms with E-state index in [1.54, 1.807) is 24.3 Å². The van der Waals surface area contributed by atoms with E-state index in [2.05, 4.69) is 0 Å². The summed E-state index contributed by atoms with van der Waals surface area (Å²) in [6, 6.07) is 8.72. The summed E-state index contributed by atoms with van der Waals surface area (Å²) in [5, 5.41) is 27.1. The zero-order valence-corrected chi connectivity index (χ0v) is 8.55. The quantitative estimate of drug-likeness (QED) is 0.792. The lowest BCUT2D eigenvalue weighted by Crippen LogP contribution is -2.33. The summed E-state index contributed by atoms with van der Waals surface area (Å²) in [5.74, 6) is -1.19. The molecule has 2 N–H and O–H groups in total. The molecule has 4 nitrogen and oxygen atoms in total. The van der Waals surface area contributed by atoms with Gasteiger partial charge in [-0.3, -0.25) is 0 Å². The fourth-order valence-electron chi connectivity index (χ4n) is 1.97. The van der Waals surface area contributed by atoms with E-state index in [1.165, 1.54) is 0 Å². The van der Waals surface area contributed by atoms with Crippen molar-refractivity contribution in [1.29, 1.82) is 5.26 Å². The van der Waals surface area contributed by atoms with Crippen LogP contribution in [-0.4, -0.2) is 22.3 Å². The van der Waals surface area contributed by atoms with Crippen molar-refractivity contribution in [3.05, 3.63) is 35.4 Å². The second kappa shape index (κ2) is 3.62. The van der Waals surface area contributed by atoms with Crippen LogP contribution in [0.25, 0.3) is 0 Å². The Labute approximate surface area is 92.8 Å². The van der Waals surface area contributed by atoms with Crippen molar-refractivity contribution >= 4 is 5.97 Å². The summed E-state index contributed by atoms with van der Waals surface area (Å²) in [6.45, 7) is 0. The van der Waals surface area contributed by atoms with Gasteiger partial charge in [0.05, 0.1) is 11.6 Å². The van der Waals surface area contributed by atoms with Gasteiger partial charge in [0.1, 0.15) is 0 Å². The second-order valence-electron chi connectivity index (χ2n) is 4.09. The molecule has 1 fully saturated rings. The number of rotatable bonds is 3. The molecule has 0 heterocycles. The molecular weight excluding hydrogens is 206 g/mol. The normalized spacial score (nSPS) is 18.5. The van der Waals surface area contributed by atoms with E-state index in [4.69, 9.17) is 10.4 Å². The molecule has 16 heavy (non-hydrogen) atoms. The maximum absolute atomic E-state index is 10.8. The Morgan fingerprint density at radius 2 is 1.94 bits per heavy atom. The number of aliphatic hydroxyl groups excluding tert-OH is 1. The van der Waals surface area contributed by atoms with Gasteiger partial charge < -0.3 is 10.2 Å². The lowest BCUT2D eigenvalue weighted by molar-refractivity contribution is -0.148. The molecule has 0 aromatic heterocycles. The van der Waals surface area contributed by atoms with E-state index in [0.717, 1.165) is 5.56 Å². The number of nitriles is 1. The van der Waals surface area contributed by atoms with Crippen LogP contribution in [0.3, 0.4) is 0 Å². The molecule has 1 unspecified atom stereocenters. The maximum atomic E-state index is 10.8. The van der Waals surface area contributed by atoms with E-state index < -0.39 is 17.5 Å². The van der Waals surface area contributed by atoms with E-state index in [0.29, 0.717) is 18.4 Å². The highest BCUT2D eigenvalue weighted by molar-refractivity contribution is 5.75. The highest BCUT2D eigenvalue weighted by atomic mass is 16.4. The molecule has 0 saturated heterocycles. The molecule has 4 heteroatoms. The van der Waals surface area contributed by atoms with Crippen LogP contribution in [0.2, 0.25) is 0 Å². The predicted molar refractivity (Wildman–Crippen MR) is 55.7 cm³/mol. The summed E-state index contributed by atoms with van der Waals surface area (Å²) >= 11 is 0. The van der Waals surface area contributed by atoms with Gasteiger partial charge >= 0.3 is 5.97 Å². The lowest BCUT2D eigenvalue weighted by atomic mass is 9.89. The molecule has 1 saturated carbocycles. The third kappa shape index (κ3) is 1.55. The highest BCUT2D eigenvalue weighted by Gasteiger charge is 2.53. The largest absolute Gasteiger partial charge is 0.479 e. The standard InChI is InChI=1S/C12H11NO3/c13-7-8-1-3-9(4-2-8)12(5-6-12)10(14)11(15)16/h1-4,10,14H,5-6H2,(H,15,16). The first kappa shape index (κ1) is 10.7. The molecule has 0 bridgehead atoms. The van der Waals surface area contributed by atoms with Gasteiger partial charge in [-0.25, -0.2) is 4.79 Å². The van der Waals surface area contributed by atoms with Crippen molar-refractivity contribution in [2.75, 3.05) is 0 Å². The van der Waals surface area contributed by atoms with E-state index in [-0.39, 0.29) is 0 Å². The Kier molecular flexibility index (Phi) is 2.41. The maximum Gasteiger partial charge on any atom is 0.333 e. The zero-order valence-electron chi connectivity index (χ0n) is 8.55. The molecule has 1 aromatic rings. The lowest BCUT2D eigenvalue weighted by Gasteiger charge is -2.18. The number of hydrogen-bond donors (Lipinski definition) is 2. The minimum atomic E-state index is -1.36. The number of carboxylic acids is 1. The van der Waals surface area contributed by atoms with Crippen LogP contribution in [-0.2, 0) is 10.2 Å². The van der Waals surface area contributed by atoms with Gasteiger partial charge in [0.25, 0.3) is 0 Å². The van der Waals surface area contributed by atoms with Gasteiger partial charge in [-0.1, -0.05) is 12.1 Å². The van der Waals surface area contributed by atoms with Crippen LogP contribution in [0.1, 0.15) is 24.0 Å². The first-order valence-electron chi connectivity index (χ1n) is 5.02. The van der Waals surface area contributed by atoms with Gasteiger partial charge in [0, 0.05) is 5.41 Å². The molecule has 0 aliphatic heterocycles. The van der Waals surface area contributed by atoms with E-state index >= 15 is 0 Å². The number of benzene rings is 1. The monoisotopic (exact) mass is 217 g/mol. The van der Waals surface area contributed by atoms with Gasteiger partial charge in [-0.2, -0.15) is 5.26 Å². The number of hydrogen-bond acceptors (Lipinski definition) is 3. The van der Waals surface area contributed by atoms with Crippen LogP contribution < -0.4 is 0 Å². The number of nitrogens with zero attached hydrogens (tertiary/aromatic N) is 1. The van der Waals surface area contributed by atoms with Gasteiger partial charge in [0.15, 0.2) is 6.10 Å². The third-order valence-corrected chi connectivity index (χ3v) is 3.13. The molecule has 2 rings (SSSR count). The minimum Gasteiger partial charge on any atom is -0.479 e. The van der Waals surface area contributed by atoms with Crippen molar-refractivity contribution in [1.82, 2.24) is 0 Å². The summed E-state index contributed by atoms with van der Waals surface area (Å²) in [5.41, 5.74) is 0.686. The fraction of sp³-hybridized carbons (Fsp3) is 0.333. The van der Waals surface area contributed by atoms with E-state index in [1.807, 2.05) is 6.07 Å². The molecule has 1 aliphatic rings. The van der Waals surface area contributed by atoms with Crippen molar-refractivity contribution in [3.8, 4) is 6.07 Å². The number of aliphatic hydroxyl groups is 1. The van der Waals surface area contributed by atoms with Crippen LogP contribution in [0.4, 0.5) is 0 Å².